The van der Waals surface area contributed by atoms with E-state index in [2.05, 4.69) is 10.6 Å². The summed E-state index contributed by atoms with van der Waals surface area (Å²) in [6.07, 6.45) is 1.90. The summed E-state index contributed by atoms with van der Waals surface area (Å²) in [4.78, 5) is 23.9. The molecule has 1 fully saturated rings. The highest BCUT2D eigenvalue weighted by Gasteiger charge is 2.29. The Labute approximate surface area is 133 Å². The number of amides is 2. The predicted molar refractivity (Wildman–Crippen MR) is 86.9 cm³/mol. The molecule has 0 saturated heterocycles. The second-order valence-corrected chi connectivity index (χ2v) is 5.49. The molecule has 0 aliphatic heterocycles. The number of nitrogens with one attached hydrogen (secondary N) is 2. The maximum absolute atomic E-state index is 12.2. The molecular weight excluding hydrogens is 290 g/mol. The Balaban J connectivity index is 1.65. The third-order valence-electron chi connectivity index (χ3n) is 3.61. The van der Waals surface area contributed by atoms with Crippen LogP contribution >= 0.6 is 0 Å². The highest BCUT2D eigenvalue weighted by molar-refractivity contribution is 6.04. The van der Waals surface area contributed by atoms with Crippen molar-refractivity contribution >= 4 is 23.2 Å². The summed E-state index contributed by atoms with van der Waals surface area (Å²) in [5.74, 6) is -0.0823. The highest BCUT2D eigenvalue weighted by Crippen LogP contribution is 2.30. The zero-order valence-corrected chi connectivity index (χ0v) is 12.4. The molecule has 0 heterocycles. The van der Waals surface area contributed by atoms with Crippen molar-refractivity contribution in [1.29, 1.82) is 5.26 Å². The lowest BCUT2D eigenvalue weighted by atomic mass is 10.1. The fraction of sp³-hybridized carbons (Fsp3) is 0.167. The van der Waals surface area contributed by atoms with E-state index in [4.69, 9.17) is 5.26 Å². The van der Waals surface area contributed by atoms with Gasteiger partial charge in [-0.1, -0.05) is 6.07 Å². The first-order valence-electron chi connectivity index (χ1n) is 7.38. The number of anilines is 2. The van der Waals surface area contributed by atoms with Gasteiger partial charge < -0.3 is 10.6 Å². The summed E-state index contributed by atoms with van der Waals surface area (Å²) in [7, 11) is 0. The predicted octanol–water partition coefficient (Wildman–Crippen LogP) is 3.16. The van der Waals surface area contributed by atoms with E-state index in [0.717, 1.165) is 12.8 Å². The Kier molecular flexibility index (Phi) is 4.07. The number of hydrogen-bond acceptors (Lipinski definition) is 3. The van der Waals surface area contributed by atoms with Crippen LogP contribution in [0.2, 0.25) is 0 Å². The van der Waals surface area contributed by atoms with Crippen molar-refractivity contribution in [2.45, 2.75) is 12.8 Å². The molecular formula is C18H15N3O2. The Hall–Kier alpha value is -3.13. The number of benzene rings is 2. The lowest BCUT2D eigenvalue weighted by Gasteiger charge is -2.07. The zero-order valence-electron chi connectivity index (χ0n) is 12.4. The van der Waals surface area contributed by atoms with E-state index >= 15 is 0 Å². The minimum Gasteiger partial charge on any atom is -0.326 e. The molecule has 23 heavy (non-hydrogen) atoms. The lowest BCUT2D eigenvalue weighted by molar-refractivity contribution is -0.117. The number of carbonyl (C=O) groups is 2. The van der Waals surface area contributed by atoms with E-state index in [9.17, 15) is 9.59 Å². The molecule has 2 aromatic rings. The Morgan fingerprint density at radius 2 is 1.74 bits per heavy atom. The Bertz CT molecular complexity index is 787. The molecule has 0 spiro atoms. The van der Waals surface area contributed by atoms with Gasteiger partial charge in [0.2, 0.25) is 5.91 Å². The number of carbonyl (C=O) groups excluding carboxylic acids is 2. The van der Waals surface area contributed by atoms with Crippen LogP contribution in [0.25, 0.3) is 0 Å². The standard InChI is InChI=1S/C18H15N3O2/c19-11-12-2-1-3-16(10-12)21-18(23)14-6-8-15(9-7-14)20-17(22)13-4-5-13/h1-3,6-10,13H,4-5H2,(H,20,22)(H,21,23). The highest BCUT2D eigenvalue weighted by atomic mass is 16.2. The Morgan fingerprint density at radius 1 is 1.00 bits per heavy atom. The van der Waals surface area contributed by atoms with Crippen molar-refractivity contribution in [2.75, 3.05) is 10.6 Å². The van der Waals surface area contributed by atoms with Gasteiger partial charge >= 0.3 is 0 Å². The van der Waals surface area contributed by atoms with Gasteiger partial charge in [0.05, 0.1) is 11.6 Å². The molecule has 0 radical (unpaired) electrons. The van der Waals surface area contributed by atoms with E-state index in [1.54, 1.807) is 48.5 Å². The molecule has 1 aliphatic rings. The first-order chi connectivity index (χ1) is 11.2. The van der Waals surface area contributed by atoms with Gasteiger partial charge in [0.1, 0.15) is 0 Å². The van der Waals surface area contributed by atoms with Crippen LogP contribution in [-0.2, 0) is 4.79 Å². The topological polar surface area (TPSA) is 82.0 Å². The van der Waals surface area contributed by atoms with Crippen LogP contribution in [0, 0.1) is 17.2 Å². The molecule has 0 aromatic heterocycles. The summed E-state index contributed by atoms with van der Waals surface area (Å²) in [5.41, 5.74) is 2.22. The second-order valence-electron chi connectivity index (χ2n) is 5.49. The van der Waals surface area contributed by atoms with Gasteiger partial charge in [0.25, 0.3) is 5.91 Å². The van der Waals surface area contributed by atoms with Crippen LogP contribution in [-0.4, -0.2) is 11.8 Å². The molecule has 0 atom stereocenters. The van der Waals surface area contributed by atoms with Crippen molar-refractivity contribution in [1.82, 2.24) is 0 Å². The van der Waals surface area contributed by atoms with Crippen LogP contribution in [0.1, 0.15) is 28.8 Å². The monoisotopic (exact) mass is 305 g/mol. The maximum atomic E-state index is 12.2. The normalized spacial score (nSPS) is 13.0. The summed E-state index contributed by atoms with van der Waals surface area (Å²) < 4.78 is 0. The van der Waals surface area contributed by atoms with Gasteiger partial charge in [0.15, 0.2) is 0 Å². The molecule has 5 nitrogen and oxygen atoms in total. The van der Waals surface area contributed by atoms with Gasteiger partial charge in [-0.25, -0.2) is 0 Å². The smallest absolute Gasteiger partial charge is 0.255 e. The largest absolute Gasteiger partial charge is 0.326 e. The number of nitriles is 1. The van der Waals surface area contributed by atoms with Gasteiger partial charge in [0, 0.05) is 22.9 Å². The van der Waals surface area contributed by atoms with Crippen molar-refractivity contribution in [3.05, 3.63) is 59.7 Å². The minimum atomic E-state index is -0.264. The second kappa shape index (κ2) is 6.32. The molecule has 5 heteroatoms. The summed E-state index contributed by atoms with van der Waals surface area (Å²) >= 11 is 0. The molecule has 2 aromatic carbocycles. The van der Waals surface area contributed by atoms with E-state index in [1.807, 2.05) is 6.07 Å². The molecule has 2 amide bonds. The van der Waals surface area contributed by atoms with E-state index in [-0.39, 0.29) is 17.7 Å². The van der Waals surface area contributed by atoms with Crippen LogP contribution in [0.3, 0.4) is 0 Å². The van der Waals surface area contributed by atoms with Crippen molar-refractivity contribution in [3.63, 3.8) is 0 Å². The summed E-state index contributed by atoms with van der Waals surface area (Å²) in [6.45, 7) is 0. The first-order valence-corrected chi connectivity index (χ1v) is 7.38. The van der Waals surface area contributed by atoms with E-state index in [0.29, 0.717) is 22.5 Å². The third kappa shape index (κ3) is 3.74. The van der Waals surface area contributed by atoms with Gasteiger partial charge in [-0.05, 0) is 55.3 Å². The average Bonchev–Trinajstić information content (AvgIpc) is 3.40. The van der Waals surface area contributed by atoms with Gasteiger partial charge in [-0.2, -0.15) is 5.26 Å². The molecule has 1 aliphatic carbocycles. The fourth-order valence-corrected chi connectivity index (χ4v) is 2.16. The van der Waals surface area contributed by atoms with Crippen molar-refractivity contribution in [3.8, 4) is 6.07 Å². The van der Waals surface area contributed by atoms with Crippen LogP contribution in [0.4, 0.5) is 11.4 Å². The van der Waals surface area contributed by atoms with Gasteiger partial charge in [-0.3, -0.25) is 9.59 Å². The number of rotatable bonds is 4. The Morgan fingerprint density at radius 3 is 2.39 bits per heavy atom. The van der Waals surface area contributed by atoms with Crippen molar-refractivity contribution in [2.24, 2.45) is 5.92 Å². The van der Waals surface area contributed by atoms with Crippen LogP contribution in [0.15, 0.2) is 48.5 Å². The third-order valence-corrected chi connectivity index (χ3v) is 3.61. The lowest BCUT2D eigenvalue weighted by Crippen LogP contribution is -2.14. The molecule has 1 saturated carbocycles. The molecule has 3 rings (SSSR count). The van der Waals surface area contributed by atoms with Crippen molar-refractivity contribution < 1.29 is 9.59 Å². The molecule has 0 bridgehead atoms. The zero-order chi connectivity index (χ0) is 16.2. The van der Waals surface area contributed by atoms with E-state index in [1.165, 1.54) is 0 Å². The minimum absolute atomic E-state index is 0.0375. The van der Waals surface area contributed by atoms with Gasteiger partial charge in [-0.15, -0.1) is 0 Å². The quantitative estimate of drug-likeness (QED) is 0.910. The number of hydrogen-bond donors (Lipinski definition) is 2. The van der Waals surface area contributed by atoms with Crippen LogP contribution in [0.5, 0.6) is 0 Å². The van der Waals surface area contributed by atoms with E-state index < -0.39 is 0 Å². The average molecular weight is 305 g/mol. The van der Waals surface area contributed by atoms with Crippen LogP contribution < -0.4 is 10.6 Å². The fourth-order valence-electron chi connectivity index (χ4n) is 2.16. The summed E-state index contributed by atoms with van der Waals surface area (Å²) in [5, 5.41) is 14.4. The molecule has 0 unspecified atom stereocenters. The number of nitrogens with zero attached hydrogens (tertiary/aromatic N) is 1. The molecule has 114 valence electrons. The maximum Gasteiger partial charge on any atom is 0.255 e. The SMILES string of the molecule is N#Cc1cccc(NC(=O)c2ccc(NC(=O)C3CC3)cc2)c1. The first kappa shape index (κ1) is 14.8. The molecule has 2 N–H and O–H groups in total. The summed E-state index contributed by atoms with van der Waals surface area (Å²) in [6, 6.07) is 15.5.